The van der Waals surface area contributed by atoms with Crippen molar-refractivity contribution >= 4 is 39.9 Å². The average Bonchev–Trinajstić information content (AvgIpc) is 3.33. The molecule has 0 spiro atoms. The van der Waals surface area contributed by atoms with Crippen LogP contribution >= 0.6 is 15.9 Å². The number of carbonyl (C=O) groups is 3. The van der Waals surface area contributed by atoms with Gasteiger partial charge >= 0.3 is 5.97 Å². The summed E-state index contributed by atoms with van der Waals surface area (Å²) in [5.41, 5.74) is 0.686. The SMILES string of the molecule is COC(=O)COc1ccc(C=NN2C(=O)C3C4C=CC(C4)C3C2=O)cc1Br. The molecule has 1 saturated carbocycles. The number of hydrazone groups is 1. The Balaban J connectivity index is 1.46. The summed E-state index contributed by atoms with van der Waals surface area (Å²) in [5.74, 6) is -0.619. The standard InChI is InChI=1S/C19H17BrN2O5/c1-26-15(23)9-27-14-5-2-10(6-13(14)20)8-21-22-18(24)16-11-3-4-12(7-11)17(16)19(22)25/h2-6,8,11-12,16-17H,7,9H2,1H3. The molecule has 2 bridgehead atoms. The van der Waals surface area contributed by atoms with Crippen molar-refractivity contribution in [3.05, 3.63) is 40.4 Å². The first-order chi connectivity index (χ1) is 13.0. The molecular formula is C19H17BrN2O5. The Bertz CT molecular complexity index is 851. The molecule has 140 valence electrons. The molecule has 2 amide bonds. The number of fused-ring (bicyclic) bond motifs is 5. The van der Waals surface area contributed by atoms with E-state index in [1.54, 1.807) is 18.2 Å². The number of ether oxygens (including phenoxy) is 2. The van der Waals surface area contributed by atoms with Crippen molar-refractivity contribution in [2.45, 2.75) is 6.42 Å². The van der Waals surface area contributed by atoms with E-state index in [-0.39, 0.29) is 42.1 Å². The third kappa shape index (κ3) is 3.07. The van der Waals surface area contributed by atoms with Crippen LogP contribution in [0.3, 0.4) is 0 Å². The average molecular weight is 433 g/mol. The summed E-state index contributed by atoms with van der Waals surface area (Å²) in [4.78, 5) is 36.3. The van der Waals surface area contributed by atoms with Crippen molar-refractivity contribution in [3.8, 4) is 5.75 Å². The summed E-state index contributed by atoms with van der Waals surface area (Å²) in [7, 11) is 1.29. The van der Waals surface area contributed by atoms with Crippen molar-refractivity contribution in [2.75, 3.05) is 13.7 Å². The molecule has 1 saturated heterocycles. The van der Waals surface area contributed by atoms with Crippen molar-refractivity contribution in [1.82, 2.24) is 5.01 Å². The largest absolute Gasteiger partial charge is 0.481 e. The Labute approximate surface area is 164 Å². The highest BCUT2D eigenvalue weighted by Gasteiger charge is 2.59. The minimum Gasteiger partial charge on any atom is -0.481 e. The summed E-state index contributed by atoms with van der Waals surface area (Å²) < 4.78 is 10.5. The second-order valence-corrected chi connectivity index (χ2v) is 7.64. The molecule has 0 N–H and O–H groups in total. The third-order valence-corrected chi connectivity index (χ3v) is 5.92. The van der Waals surface area contributed by atoms with Crippen LogP contribution in [-0.2, 0) is 19.1 Å². The van der Waals surface area contributed by atoms with Crippen LogP contribution in [0.15, 0.2) is 39.9 Å². The first-order valence-corrected chi connectivity index (χ1v) is 9.38. The summed E-state index contributed by atoms with van der Waals surface area (Å²) in [6.07, 6.45) is 6.47. The van der Waals surface area contributed by atoms with E-state index in [9.17, 15) is 14.4 Å². The van der Waals surface area contributed by atoms with Crippen LogP contribution in [0, 0.1) is 23.7 Å². The van der Waals surface area contributed by atoms with Gasteiger partial charge in [0.15, 0.2) is 6.61 Å². The highest BCUT2D eigenvalue weighted by Crippen LogP contribution is 2.52. The Morgan fingerprint density at radius 1 is 1.26 bits per heavy atom. The summed E-state index contributed by atoms with van der Waals surface area (Å²) in [5, 5.41) is 5.15. The molecule has 4 unspecified atom stereocenters. The van der Waals surface area contributed by atoms with Gasteiger partial charge in [0.1, 0.15) is 5.75 Å². The van der Waals surface area contributed by atoms with Crippen molar-refractivity contribution in [1.29, 1.82) is 0 Å². The fourth-order valence-corrected chi connectivity index (χ4v) is 4.55. The molecule has 27 heavy (non-hydrogen) atoms. The number of imide groups is 1. The van der Waals surface area contributed by atoms with Crippen molar-refractivity contribution in [2.24, 2.45) is 28.8 Å². The van der Waals surface area contributed by atoms with Gasteiger partial charge in [-0.05, 0) is 57.9 Å². The number of hydrogen-bond donors (Lipinski definition) is 0. The molecule has 0 aromatic heterocycles. The third-order valence-electron chi connectivity index (χ3n) is 5.30. The Morgan fingerprint density at radius 2 is 1.93 bits per heavy atom. The van der Waals surface area contributed by atoms with Gasteiger partial charge in [-0.2, -0.15) is 10.1 Å². The maximum absolute atomic E-state index is 12.6. The molecule has 3 aliphatic rings. The van der Waals surface area contributed by atoms with Gasteiger partial charge in [0.25, 0.3) is 11.8 Å². The Hall–Kier alpha value is -2.48. The molecule has 1 heterocycles. The smallest absolute Gasteiger partial charge is 0.343 e. The quantitative estimate of drug-likeness (QED) is 0.308. The zero-order chi connectivity index (χ0) is 19.1. The topological polar surface area (TPSA) is 85.3 Å². The summed E-state index contributed by atoms with van der Waals surface area (Å²) in [6.45, 7) is -0.196. The van der Waals surface area contributed by atoms with E-state index in [4.69, 9.17) is 4.74 Å². The number of rotatable bonds is 5. The van der Waals surface area contributed by atoms with Gasteiger partial charge in [0, 0.05) is 0 Å². The number of benzene rings is 1. The number of carbonyl (C=O) groups excluding carboxylic acids is 3. The van der Waals surface area contributed by atoms with Gasteiger partial charge in [-0.3, -0.25) is 9.59 Å². The minimum atomic E-state index is -0.479. The number of nitrogens with zero attached hydrogens (tertiary/aromatic N) is 2. The van der Waals surface area contributed by atoms with E-state index in [1.807, 2.05) is 12.2 Å². The van der Waals surface area contributed by atoms with Crippen molar-refractivity contribution < 1.29 is 23.9 Å². The molecule has 4 rings (SSSR count). The monoisotopic (exact) mass is 432 g/mol. The first kappa shape index (κ1) is 17.9. The van der Waals surface area contributed by atoms with Gasteiger partial charge in [-0.1, -0.05) is 12.2 Å². The van der Waals surface area contributed by atoms with Gasteiger partial charge in [-0.25, -0.2) is 4.79 Å². The predicted octanol–water partition coefficient (Wildman–Crippen LogP) is 2.14. The van der Waals surface area contributed by atoms with E-state index in [1.165, 1.54) is 13.3 Å². The van der Waals surface area contributed by atoms with E-state index < -0.39 is 5.97 Å². The number of esters is 1. The molecule has 1 aliphatic heterocycles. The van der Waals surface area contributed by atoms with Gasteiger partial charge < -0.3 is 9.47 Å². The number of amides is 2. The number of methoxy groups -OCH3 is 1. The van der Waals surface area contributed by atoms with Crippen LogP contribution in [0.2, 0.25) is 0 Å². The minimum absolute atomic E-state index is 0.164. The van der Waals surface area contributed by atoms with E-state index in [0.29, 0.717) is 15.8 Å². The molecule has 2 fully saturated rings. The number of halogens is 1. The molecule has 7 nitrogen and oxygen atoms in total. The van der Waals surface area contributed by atoms with Gasteiger partial charge in [-0.15, -0.1) is 0 Å². The molecule has 0 radical (unpaired) electrons. The van der Waals surface area contributed by atoms with Crippen LogP contribution in [0.4, 0.5) is 0 Å². The zero-order valence-electron chi connectivity index (χ0n) is 14.5. The highest BCUT2D eigenvalue weighted by atomic mass is 79.9. The predicted molar refractivity (Wildman–Crippen MR) is 98.8 cm³/mol. The second-order valence-electron chi connectivity index (χ2n) is 6.79. The Morgan fingerprint density at radius 3 is 2.52 bits per heavy atom. The van der Waals surface area contributed by atoms with Gasteiger partial charge in [0.2, 0.25) is 0 Å². The number of hydrogen-bond acceptors (Lipinski definition) is 6. The molecular weight excluding hydrogens is 416 g/mol. The highest BCUT2D eigenvalue weighted by molar-refractivity contribution is 9.10. The second kappa shape index (κ2) is 6.92. The van der Waals surface area contributed by atoms with Crippen LogP contribution in [0.5, 0.6) is 5.75 Å². The zero-order valence-corrected chi connectivity index (χ0v) is 16.1. The fraction of sp³-hybridized carbons (Fsp3) is 0.368. The van der Waals surface area contributed by atoms with Crippen LogP contribution in [-0.4, -0.2) is 42.7 Å². The lowest BCUT2D eigenvalue weighted by Crippen LogP contribution is -2.28. The van der Waals surface area contributed by atoms with Crippen LogP contribution in [0.1, 0.15) is 12.0 Å². The normalized spacial score (nSPS) is 28.3. The van der Waals surface area contributed by atoms with E-state index >= 15 is 0 Å². The molecule has 8 heteroatoms. The van der Waals surface area contributed by atoms with Gasteiger partial charge in [0.05, 0.1) is 29.6 Å². The number of allylic oxidation sites excluding steroid dienone is 2. The molecule has 1 aromatic carbocycles. The fourth-order valence-electron chi connectivity index (χ4n) is 4.03. The van der Waals surface area contributed by atoms with Crippen LogP contribution < -0.4 is 4.74 Å². The lowest BCUT2D eigenvalue weighted by atomic mass is 9.85. The summed E-state index contributed by atoms with van der Waals surface area (Å²) >= 11 is 3.37. The maximum atomic E-state index is 12.6. The molecule has 2 aliphatic carbocycles. The van der Waals surface area contributed by atoms with Crippen molar-refractivity contribution in [3.63, 3.8) is 0 Å². The Kier molecular flexibility index (Phi) is 4.59. The maximum Gasteiger partial charge on any atom is 0.343 e. The lowest BCUT2D eigenvalue weighted by molar-refractivity contribution is -0.143. The van der Waals surface area contributed by atoms with E-state index in [0.717, 1.165) is 11.4 Å². The first-order valence-electron chi connectivity index (χ1n) is 8.59. The van der Waals surface area contributed by atoms with E-state index in [2.05, 4.69) is 25.8 Å². The lowest BCUT2D eigenvalue weighted by Gasteiger charge is -2.13. The van der Waals surface area contributed by atoms with Crippen LogP contribution in [0.25, 0.3) is 0 Å². The molecule has 4 atom stereocenters. The molecule has 1 aromatic rings. The summed E-state index contributed by atoms with van der Waals surface area (Å²) in [6, 6.07) is 5.12.